The van der Waals surface area contributed by atoms with Crippen molar-refractivity contribution in [3.05, 3.63) is 35.9 Å². The van der Waals surface area contributed by atoms with Crippen LogP contribution in [0.1, 0.15) is 38.7 Å². The second kappa shape index (κ2) is 11.4. The molecule has 0 fully saturated rings. The number of carbonyl (C=O) groups is 3. The van der Waals surface area contributed by atoms with Crippen molar-refractivity contribution < 1.29 is 19.5 Å². The minimum Gasteiger partial charge on any atom is -0.385 e. The number of carbonyl (C=O) groups excluding carboxylic acids is 3. The molecule has 2 unspecified atom stereocenters. The second-order valence-corrected chi connectivity index (χ2v) is 6.36. The Balaban J connectivity index is 2.21. The molecule has 0 aliphatic rings. The lowest BCUT2D eigenvalue weighted by molar-refractivity contribution is -0.130. The minimum atomic E-state index is -1.07. The summed E-state index contributed by atoms with van der Waals surface area (Å²) in [6.07, 6.45) is 0.860. The standard InChI is InChI=1S/C19H28N2O4/c1-14(10-11-20-15(2)22)12-19(25)21-13-18(24)17(23)9-8-16-6-4-3-5-7-16/h3-7,14,17,23H,8-13H2,1-2H3,(H,20,22)(H,21,25). The molecule has 1 rings (SSSR count). The third-order valence-electron chi connectivity index (χ3n) is 3.93. The summed E-state index contributed by atoms with van der Waals surface area (Å²) in [5.74, 6) is -0.592. The monoisotopic (exact) mass is 348 g/mol. The zero-order valence-electron chi connectivity index (χ0n) is 15.0. The normalized spacial score (nSPS) is 12.9. The quantitative estimate of drug-likeness (QED) is 0.560. The van der Waals surface area contributed by atoms with Gasteiger partial charge in [0.15, 0.2) is 5.78 Å². The van der Waals surface area contributed by atoms with E-state index in [1.807, 2.05) is 37.3 Å². The van der Waals surface area contributed by atoms with Crippen LogP contribution in [0.5, 0.6) is 0 Å². The first kappa shape index (κ1) is 20.8. The van der Waals surface area contributed by atoms with E-state index < -0.39 is 6.10 Å². The summed E-state index contributed by atoms with van der Waals surface area (Å²) >= 11 is 0. The number of aryl methyl sites for hydroxylation is 1. The summed E-state index contributed by atoms with van der Waals surface area (Å²) in [5, 5.41) is 15.1. The highest BCUT2D eigenvalue weighted by Crippen LogP contribution is 2.07. The number of benzene rings is 1. The van der Waals surface area contributed by atoms with E-state index in [1.165, 1.54) is 6.92 Å². The first-order chi connectivity index (χ1) is 11.9. The average molecular weight is 348 g/mol. The Morgan fingerprint density at radius 1 is 1.08 bits per heavy atom. The van der Waals surface area contributed by atoms with Crippen molar-refractivity contribution in [1.29, 1.82) is 0 Å². The van der Waals surface area contributed by atoms with Gasteiger partial charge in [-0.25, -0.2) is 0 Å². The van der Waals surface area contributed by atoms with Crippen LogP contribution in [0, 0.1) is 5.92 Å². The predicted molar refractivity (Wildman–Crippen MR) is 95.9 cm³/mol. The maximum absolute atomic E-state index is 11.9. The lowest BCUT2D eigenvalue weighted by Crippen LogP contribution is -2.36. The average Bonchev–Trinajstić information content (AvgIpc) is 2.58. The van der Waals surface area contributed by atoms with Gasteiger partial charge in [0.2, 0.25) is 11.8 Å². The van der Waals surface area contributed by atoms with E-state index in [0.29, 0.717) is 25.8 Å². The molecule has 0 bridgehead atoms. The molecule has 2 amide bonds. The number of aliphatic hydroxyl groups excluding tert-OH is 1. The fraction of sp³-hybridized carbons (Fsp3) is 0.526. The first-order valence-electron chi connectivity index (χ1n) is 8.64. The van der Waals surface area contributed by atoms with Crippen LogP contribution >= 0.6 is 0 Å². The van der Waals surface area contributed by atoms with E-state index in [2.05, 4.69) is 10.6 Å². The van der Waals surface area contributed by atoms with Gasteiger partial charge in [0.1, 0.15) is 6.10 Å². The Kier molecular flexibility index (Phi) is 9.47. The number of nitrogens with one attached hydrogen (secondary N) is 2. The molecule has 1 aromatic carbocycles. The van der Waals surface area contributed by atoms with E-state index in [0.717, 1.165) is 5.56 Å². The smallest absolute Gasteiger partial charge is 0.220 e. The zero-order valence-corrected chi connectivity index (χ0v) is 15.0. The molecule has 0 saturated heterocycles. The maximum atomic E-state index is 11.9. The lowest BCUT2D eigenvalue weighted by atomic mass is 10.0. The molecule has 0 heterocycles. The molecular weight excluding hydrogens is 320 g/mol. The van der Waals surface area contributed by atoms with E-state index in [4.69, 9.17) is 0 Å². The van der Waals surface area contributed by atoms with Crippen LogP contribution in [-0.4, -0.2) is 41.9 Å². The van der Waals surface area contributed by atoms with Gasteiger partial charge in [-0.15, -0.1) is 0 Å². The molecule has 25 heavy (non-hydrogen) atoms. The van der Waals surface area contributed by atoms with Crippen molar-refractivity contribution in [3.63, 3.8) is 0 Å². The van der Waals surface area contributed by atoms with Crippen LogP contribution in [0.4, 0.5) is 0 Å². The van der Waals surface area contributed by atoms with E-state index in [9.17, 15) is 19.5 Å². The van der Waals surface area contributed by atoms with Crippen molar-refractivity contribution in [1.82, 2.24) is 10.6 Å². The summed E-state index contributed by atoms with van der Waals surface area (Å²) in [6, 6.07) is 9.63. The van der Waals surface area contributed by atoms with E-state index >= 15 is 0 Å². The number of hydrogen-bond acceptors (Lipinski definition) is 4. The van der Waals surface area contributed by atoms with E-state index in [1.54, 1.807) is 0 Å². The predicted octanol–water partition coefficient (Wildman–Crippen LogP) is 1.22. The summed E-state index contributed by atoms with van der Waals surface area (Å²) < 4.78 is 0. The zero-order chi connectivity index (χ0) is 18.7. The molecule has 0 aliphatic carbocycles. The molecular formula is C19H28N2O4. The van der Waals surface area contributed by atoms with Crippen LogP contribution in [0.2, 0.25) is 0 Å². The highest BCUT2D eigenvalue weighted by molar-refractivity contribution is 5.88. The van der Waals surface area contributed by atoms with Crippen LogP contribution in [0.3, 0.4) is 0 Å². The third kappa shape index (κ3) is 9.62. The maximum Gasteiger partial charge on any atom is 0.220 e. The third-order valence-corrected chi connectivity index (χ3v) is 3.93. The Hall–Kier alpha value is -2.21. The lowest BCUT2D eigenvalue weighted by Gasteiger charge is -2.13. The van der Waals surface area contributed by atoms with Crippen molar-refractivity contribution in [2.24, 2.45) is 5.92 Å². The number of Topliss-reactive ketones (excluding diaryl/α,β-unsaturated/α-hetero) is 1. The highest BCUT2D eigenvalue weighted by atomic mass is 16.3. The molecule has 0 radical (unpaired) electrons. The fourth-order valence-corrected chi connectivity index (χ4v) is 2.40. The molecule has 0 saturated carbocycles. The Labute approximate surface area is 149 Å². The van der Waals surface area contributed by atoms with Gasteiger partial charge in [-0.3, -0.25) is 14.4 Å². The minimum absolute atomic E-state index is 0.0910. The highest BCUT2D eigenvalue weighted by Gasteiger charge is 2.16. The van der Waals surface area contributed by atoms with Gasteiger partial charge in [0.05, 0.1) is 6.54 Å². The second-order valence-electron chi connectivity index (χ2n) is 6.36. The Morgan fingerprint density at radius 3 is 2.40 bits per heavy atom. The van der Waals surface area contributed by atoms with Crippen LogP contribution < -0.4 is 10.6 Å². The molecule has 2 atom stereocenters. The summed E-state index contributed by atoms with van der Waals surface area (Å²) in [4.78, 5) is 34.5. The van der Waals surface area contributed by atoms with Gasteiger partial charge >= 0.3 is 0 Å². The van der Waals surface area contributed by atoms with Crippen LogP contribution in [-0.2, 0) is 20.8 Å². The summed E-state index contributed by atoms with van der Waals surface area (Å²) in [7, 11) is 0. The molecule has 6 nitrogen and oxygen atoms in total. The van der Waals surface area contributed by atoms with Gasteiger partial charge in [-0.05, 0) is 30.7 Å². The van der Waals surface area contributed by atoms with Gasteiger partial charge in [-0.1, -0.05) is 37.3 Å². The molecule has 1 aromatic rings. The number of ketones is 1. The van der Waals surface area contributed by atoms with Crippen LogP contribution in [0.15, 0.2) is 30.3 Å². The summed E-state index contributed by atoms with van der Waals surface area (Å²) in [5.41, 5.74) is 1.06. The SMILES string of the molecule is CC(=O)NCCC(C)CC(=O)NCC(=O)C(O)CCc1ccccc1. The van der Waals surface area contributed by atoms with Crippen molar-refractivity contribution >= 4 is 17.6 Å². The van der Waals surface area contributed by atoms with Gasteiger partial charge in [-0.2, -0.15) is 0 Å². The van der Waals surface area contributed by atoms with Crippen molar-refractivity contribution in [2.45, 2.75) is 45.6 Å². The molecule has 0 aromatic heterocycles. The first-order valence-corrected chi connectivity index (χ1v) is 8.64. The van der Waals surface area contributed by atoms with Gasteiger partial charge in [0, 0.05) is 19.9 Å². The molecule has 138 valence electrons. The molecule has 6 heteroatoms. The molecule has 0 aliphatic heterocycles. The number of amides is 2. The largest absolute Gasteiger partial charge is 0.385 e. The number of hydrogen-bond donors (Lipinski definition) is 3. The van der Waals surface area contributed by atoms with Crippen LogP contribution in [0.25, 0.3) is 0 Å². The number of rotatable bonds is 11. The fourth-order valence-electron chi connectivity index (χ4n) is 2.40. The number of aliphatic hydroxyl groups is 1. The molecule has 3 N–H and O–H groups in total. The van der Waals surface area contributed by atoms with Gasteiger partial charge < -0.3 is 15.7 Å². The Bertz CT molecular complexity index is 560. The van der Waals surface area contributed by atoms with E-state index in [-0.39, 0.29) is 36.5 Å². The van der Waals surface area contributed by atoms with Crippen molar-refractivity contribution in [2.75, 3.05) is 13.1 Å². The van der Waals surface area contributed by atoms with Gasteiger partial charge in [0.25, 0.3) is 0 Å². The van der Waals surface area contributed by atoms with Crippen molar-refractivity contribution in [3.8, 4) is 0 Å². The summed E-state index contributed by atoms with van der Waals surface area (Å²) in [6.45, 7) is 3.73. The Morgan fingerprint density at radius 2 is 1.76 bits per heavy atom. The topological polar surface area (TPSA) is 95.5 Å². The molecule has 0 spiro atoms.